The monoisotopic (exact) mass is 1230 g/mol. The highest BCUT2D eigenvalue weighted by Crippen LogP contribution is 2.43. The van der Waals surface area contributed by atoms with E-state index < -0.39 is 77.6 Å². The Kier molecular flexibility index (Phi) is 22.3. The maximum absolute atomic E-state index is 14.0. The van der Waals surface area contributed by atoms with Gasteiger partial charge in [-0.3, -0.25) is 44.0 Å². The number of β-amino-alcohol motifs (C(OH)–C–C–N with tert-alkyl or cyclic N) is 1. The van der Waals surface area contributed by atoms with Crippen molar-refractivity contribution in [2.75, 3.05) is 57.0 Å². The molecule has 86 heavy (non-hydrogen) atoms. The minimum atomic E-state index is -5.36. The average molecular weight is 1230 g/mol. The van der Waals surface area contributed by atoms with Gasteiger partial charge >= 0.3 is 18.1 Å². The number of anilines is 2. The van der Waals surface area contributed by atoms with Crippen LogP contribution in [0.2, 0.25) is 0 Å². The maximum atomic E-state index is 14.0. The number of aliphatic hydroxyl groups is 1. The smallest absolute Gasteiger partial charge is 0.471 e. The topological polar surface area (TPSA) is 274 Å². The molecule has 21 nitrogen and oxygen atoms in total. The summed E-state index contributed by atoms with van der Waals surface area (Å²) in [5.41, 5.74) is -0.666. The molecule has 0 radical (unpaired) electrons. The fourth-order valence-corrected chi connectivity index (χ4v) is 11.9. The maximum Gasteiger partial charge on any atom is 0.471 e. The number of hydrogen-bond acceptors (Lipinski definition) is 17. The third-order valence-corrected chi connectivity index (χ3v) is 17.4. The number of rotatable bonds is 27. The fraction of sp³-hybridized carbons (Fsp3) is 0.400. The highest BCUT2D eigenvalue weighted by atomic mass is 33.1. The van der Waals surface area contributed by atoms with Crippen molar-refractivity contribution in [1.29, 1.82) is 0 Å². The van der Waals surface area contributed by atoms with Crippen molar-refractivity contribution in [1.82, 2.24) is 35.5 Å². The summed E-state index contributed by atoms with van der Waals surface area (Å²) in [6.07, 6.45) is -4.37. The molecular weight excluding hydrogens is 1160 g/mol. The molecule has 7 rings (SSSR count). The van der Waals surface area contributed by atoms with Crippen molar-refractivity contribution in [2.24, 2.45) is 5.92 Å². The van der Waals surface area contributed by atoms with Gasteiger partial charge in [-0.2, -0.15) is 18.2 Å². The summed E-state index contributed by atoms with van der Waals surface area (Å²) >= 11 is 0. The van der Waals surface area contributed by atoms with E-state index in [-0.39, 0.29) is 83.7 Å². The van der Waals surface area contributed by atoms with E-state index in [9.17, 15) is 51.8 Å². The Morgan fingerprint density at radius 1 is 0.849 bits per heavy atom. The van der Waals surface area contributed by atoms with Crippen molar-refractivity contribution in [3.8, 4) is 11.5 Å². The molecule has 3 heterocycles. The molecule has 0 aliphatic carbocycles. The number of aromatic nitrogens is 4. The molecule has 4 aromatic carbocycles. The number of methoxy groups -OCH3 is 3. The van der Waals surface area contributed by atoms with Crippen LogP contribution in [0.3, 0.4) is 0 Å². The highest BCUT2D eigenvalue weighted by Gasteiger charge is 2.44. The third kappa shape index (κ3) is 16.9. The van der Waals surface area contributed by atoms with Gasteiger partial charge in [0.25, 0.3) is 11.5 Å². The van der Waals surface area contributed by atoms with Gasteiger partial charge in [-0.05, 0) is 98.3 Å². The number of carbonyl (C=O) groups excluding carboxylic acids is 6. The van der Waals surface area contributed by atoms with Crippen LogP contribution in [0.1, 0.15) is 92.5 Å². The molecule has 0 spiro atoms. The quantitative estimate of drug-likeness (QED) is 0.0145. The first-order chi connectivity index (χ1) is 40.9. The average Bonchev–Trinajstić information content (AvgIpc) is 1.41. The Balaban J connectivity index is 0.886. The molecule has 3 atom stereocenters. The van der Waals surface area contributed by atoms with Gasteiger partial charge in [-0.15, -0.1) is 0 Å². The second-order valence-electron chi connectivity index (χ2n) is 21.0. The molecule has 1 saturated heterocycles. The number of alkyl halides is 3. The van der Waals surface area contributed by atoms with E-state index in [0.29, 0.717) is 35.0 Å². The van der Waals surface area contributed by atoms with Crippen molar-refractivity contribution < 1.29 is 66.0 Å². The van der Waals surface area contributed by atoms with Gasteiger partial charge in [0.1, 0.15) is 23.1 Å². The predicted molar refractivity (Wildman–Crippen MR) is 318 cm³/mol. The largest absolute Gasteiger partial charge is 0.497 e. The number of amides is 5. The Bertz CT molecular complexity index is 3350. The lowest BCUT2D eigenvalue weighted by atomic mass is 9.80. The van der Waals surface area contributed by atoms with Gasteiger partial charge in [0, 0.05) is 53.6 Å². The van der Waals surface area contributed by atoms with E-state index in [0.717, 1.165) is 54.3 Å². The summed E-state index contributed by atoms with van der Waals surface area (Å²) in [6.45, 7) is 7.01. The van der Waals surface area contributed by atoms with Crippen LogP contribution >= 0.6 is 21.6 Å². The highest BCUT2D eigenvalue weighted by molar-refractivity contribution is 8.77. The molecule has 0 bridgehead atoms. The van der Waals surface area contributed by atoms with Crippen molar-refractivity contribution in [2.45, 2.75) is 101 Å². The molecule has 26 heteroatoms. The molecule has 1 aliphatic rings. The number of hydrogen-bond donors (Lipinski definition) is 5. The lowest BCUT2D eigenvalue weighted by Gasteiger charge is -2.38. The molecule has 5 N–H and O–H groups in total. The van der Waals surface area contributed by atoms with E-state index in [2.05, 4.69) is 35.9 Å². The van der Waals surface area contributed by atoms with Gasteiger partial charge in [0.15, 0.2) is 11.2 Å². The number of carbonyl (C=O) groups is 6. The van der Waals surface area contributed by atoms with Gasteiger partial charge in [-0.1, -0.05) is 90.0 Å². The summed E-state index contributed by atoms with van der Waals surface area (Å²) in [6, 6.07) is 27.9. The molecule has 458 valence electrons. The molecule has 0 saturated carbocycles. The zero-order valence-corrected chi connectivity index (χ0v) is 50.0. The minimum absolute atomic E-state index is 0.111. The second-order valence-corrected chi connectivity index (χ2v) is 24.2. The van der Waals surface area contributed by atoms with Crippen LogP contribution in [0.4, 0.5) is 24.8 Å². The standard InChI is InChI=1S/C60H68F3N9O12S2/c1-36(2)52(76)69-57-68-51-50(54(78)70-57)66-41(32-65-51)33-72(56(80)60(61,62)63)42-19-13-37(14-20-42)53(77)67-47(55(79)83-7)25-26-48(74)64-29-30-85-86-58(3,4)28-27-49(75)71-34-44(73)31-43(71)35-84-59(38-11-9-8-10-12-38,39-15-21-45(81-5)22-16-39)40-17-23-46(82-6)24-18-40/h8-24,32,36,43-44,47,73H,25-31,33-35H2,1-7H3,(H,64,74)(H,67,77)(H2,65,68,69,70,76,78)/t43-,44+,47-/m0/s1. The fourth-order valence-electron chi connectivity index (χ4n) is 9.41. The van der Waals surface area contributed by atoms with Crippen LogP contribution < -0.4 is 35.9 Å². The van der Waals surface area contributed by atoms with Crippen molar-refractivity contribution >= 4 is 79.9 Å². The lowest BCUT2D eigenvalue weighted by molar-refractivity contribution is -0.170. The van der Waals surface area contributed by atoms with E-state index in [1.165, 1.54) is 10.8 Å². The summed E-state index contributed by atoms with van der Waals surface area (Å²) in [7, 11) is 7.37. The van der Waals surface area contributed by atoms with Crippen LogP contribution in [0.15, 0.2) is 114 Å². The summed E-state index contributed by atoms with van der Waals surface area (Å²) < 4.78 is 64.3. The summed E-state index contributed by atoms with van der Waals surface area (Å²) in [5.74, 6) is -3.77. The van der Waals surface area contributed by atoms with Crippen molar-refractivity contribution in [3.63, 3.8) is 0 Å². The van der Waals surface area contributed by atoms with Crippen LogP contribution in [0.25, 0.3) is 11.2 Å². The molecule has 1 fully saturated rings. The zero-order valence-electron chi connectivity index (χ0n) is 48.4. The van der Waals surface area contributed by atoms with Crippen LogP contribution in [0, 0.1) is 5.92 Å². The molecule has 0 unspecified atom stereocenters. The van der Waals surface area contributed by atoms with Gasteiger partial charge in [0.2, 0.25) is 23.7 Å². The Labute approximate surface area is 502 Å². The lowest BCUT2D eigenvalue weighted by Crippen LogP contribution is -2.42. The molecule has 2 aromatic heterocycles. The van der Waals surface area contributed by atoms with E-state index >= 15 is 0 Å². The number of H-pyrrole nitrogens is 1. The molecule has 1 aliphatic heterocycles. The van der Waals surface area contributed by atoms with Gasteiger partial charge in [-0.25, -0.2) is 14.8 Å². The SMILES string of the molecule is COC(=O)[C@H](CCC(=O)NCCSSC(C)(C)CCC(=O)N1C[C@H](O)C[C@H]1COC(c1ccccc1)(c1ccc(OC)cc1)c1ccc(OC)cc1)NC(=O)c1ccc(N(Cc2cnc3nc(NC(=O)C(C)C)[nH]c(=O)c3n2)C(=O)C(F)(F)F)cc1. The number of nitrogens with zero attached hydrogens (tertiary/aromatic N) is 5. The number of halogens is 3. The number of ether oxygens (including phenoxy) is 4. The van der Waals surface area contributed by atoms with Crippen LogP contribution in [-0.4, -0.2) is 141 Å². The number of esters is 1. The van der Waals surface area contributed by atoms with Crippen molar-refractivity contribution in [3.05, 3.63) is 148 Å². The first-order valence-corrected chi connectivity index (χ1v) is 29.7. The second kappa shape index (κ2) is 29.3. The summed E-state index contributed by atoms with van der Waals surface area (Å²) in [5, 5.41) is 18.7. The van der Waals surface area contributed by atoms with E-state index in [1.54, 1.807) is 43.8 Å². The Morgan fingerprint density at radius 2 is 1.48 bits per heavy atom. The van der Waals surface area contributed by atoms with E-state index in [4.69, 9.17) is 18.9 Å². The van der Waals surface area contributed by atoms with E-state index in [1.807, 2.05) is 92.7 Å². The Hall–Kier alpha value is -8.07. The Morgan fingerprint density at radius 3 is 2.07 bits per heavy atom. The number of aromatic amines is 1. The van der Waals surface area contributed by atoms with Crippen LogP contribution in [0.5, 0.6) is 11.5 Å². The minimum Gasteiger partial charge on any atom is -0.497 e. The zero-order chi connectivity index (χ0) is 62.3. The number of fused-ring (bicyclic) bond motifs is 1. The first kappa shape index (κ1) is 65.5. The molecule has 5 amide bonds. The van der Waals surface area contributed by atoms with Gasteiger partial charge < -0.3 is 39.6 Å². The van der Waals surface area contributed by atoms with Gasteiger partial charge in [0.05, 0.1) is 58.5 Å². The number of likely N-dealkylation sites (tertiary alicyclic amines) is 1. The predicted octanol–water partition coefficient (Wildman–Crippen LogP) is 7.50. The first-order valence-electron chi connectivity index (χ1n) is 27.4. The third-order valence-electron chi connectivity index (χ3n) is 14.0. The molecule has 6 aromatic rings. The summed E-state index contributed by atoms with van der Waals surface area (Å²) in [4.78, 5) is 107. The number of benzene rings is 4. The number of aliphatic hydroxyl groups excluding tert-OH is 1. The van der Waals surface area contributed by atoms with Crippen LogP contribution in [-0.2, 0) is 45.6 Å². The number of nitrogens with one attached hydrogen (secondary N) is 4. The molecular formula is C60H68F3N9O12S2. The normalized spacial score (nSPS) is 14.8.